The smallest absolute Gasteiger partial charge is 0.0564 e. The SMILES string of the molecule is CN(Cc1ccccc1Cl)c1cncc(Br)c1. The molecule has 2 aromatic rings. The lowest BCUT2D eigenvalue weighted by Crippen LogP contribution is -2.16. The lowest BCUT2D eigenvalue weighted by Gasteiger charge is -2.19. The number of benzene rings is 1. The molecular weight excluding hydrogens is 300 g/mol. The molecule has 17 heavy (non-hydrogen) atoms. The molecule has 0 N–H and O–H groups in total. The minimum atomic E-state index is 0.762. The number of pyridine rings is 1. The number of hydrogen-bond donors (Lipinski definition) is 0. The van der Waals surface area contributed by atoms with E-state index in [0.29, 0.717) is 0 Å². The first-order valence-corrected chi connectivity index (χ1v) is 6.39. The fraction of sp³-hybridized carbons (Fsp3) is 0.154. The van der Waals surface area contributed by atoms with Crippen molar-refractivity contribution >= 4 is 33.2 Å². The fourth-order valence-corrected chi connectivity index (χ4v) is 2.13. The Morgan fingerprint density at radius 2 is 2.06 bits per heavy atom. The normalized spacial score (nSPS) is 10.3. The second kappa shape index (κ2) is 5.52. The van der Waals surface area contributed by atoms with Gasteiger partial charge in [-0.05, 0) is 33.6 Å². The van der Waals surface area contributed by atoms with Crippen molar-refractivity contribution in [1.82, 2.24) is 4.98 Å². The first-order valence-electron chi connectivity index (χ1n) is 5.22. The second-order valence-electron chi connectivity index (χ2n) is 3.81. The summed E-state index contributed by atoms with van der Waals surface area (Å²) >= 11 is 9.55. The average Bonchev–Trinajstić information content (AvgIpc) is 2.32. The summed E-state index contributed by atoms with van der Waals surface area (Å²) in [7, 11) is 2.02. The van der Waals surface area contributed by atoms with Gasteiger partial charge in [0.2, 0.25) is 0 Å². The molecule has 0 amide bonds. The summed E-state index contributed by atoms with van der Waals surface area (Å²) in [5, 5.41) is 0.794. The Morgan fingerprint density at radius 3 is 2.76 bits per heavy atom. The third kappa shape index (κ3) is 3.20. The van der Waals surface area contributed by atoms with E-state index in [1.54, 1.807) is 6.20 Å². The highest BCUT2D eigenvalue weighted by atomic mass is 79.9. The highest BCUT2D eigenvalue weighted by Gasteiger charge is 2.05. The van der Waals surface area contributed by atoms with Crippen molar-refractivity contribution in [3.05, 3.63) is 57.8 Å². The van der Waals surface area contributed by atoms with Gasteiger partial charge in [0, 0.05) is 29.3 Å². The van der Waals surface area contributed by atoms with Crippen LogP contribution in [0.1, 0.15) is 5.56 Å². The molecule has 0 saturated heterocycles. The van der Waals surface area contributed by atoms with Gasteiger partial charge in [0.15, 0.2) is 0 Å². The Hall–Kier alpha value is -1.06. The van der Waals surface area contributed by atoms with Crippen LogP contribution in [0, 0.1) is 0 Å². The van der Waals surface area contributed by atoms with Crippen LogP contribution in [0.4, 0.5) is 5.69 Å². The zero-order valence-electron chi connectivity index (χ0n) is 9.40. The maximum Gasteiger partial charge on any atom is 0.0564 e. The maximum atomic E-state index is 6.14. The molecule has 1 heterocycles. The summed E-state index contributed by atoms with van der Waals surface area (Å²) in [6.07, 6.45) is 3.61. The molecule has 2 nitrogen and oxygen atoms in total. The largest absolute Gasteiger partial charge is 0.369 e. The second-order valence-corrected chi connectivity index (χ2v) is 5.13. The van der Waals surface area contributed by atoms with Crippen molar-refractivity contribution in [2.24, 2.45) is 0 Å². The van der Waals surface area contributed by atoms with Crippen LogP contribution in [-0.2, 0) is 6.54 Å². The van der Waals surface area contributed by atoms with Crippen molar-refractivity contribution in [2.45, 2.75) is 6.54 Å². The highest BCUT2D eigenvalue weighted by Crippen LogP contribution is 2.21. The molecular formula is C13H12BrClN2. The fourth-order valence-electron chi connectivity index (χ4n) is 1.58. The predicted molar refractivity (Wildman–Crippen MR) is 75.5 cm³/mol. The molecule has 0 spiro atoms. The van der Waals surface area contributed by atoms with Gasteiger partial charge in [0.05, 0.1) is 11.9 Å². The molecule has 0 bridgehead atoms. The summed E-state index contributed by atoms with van der Waals surface area (Å²) in [6, 6.07) is 9.90. The molecule has 0 aliphatic carbocycles. The minimum absolute atomic E-state index is 0.762. The monoisotopic (exact) mass is 310 g/mol. The zero-order valence-corrected chi connectivity index (χ0v) is 11.7. The summed E-state index contributed by atoms with van der Waals surface area (Å²) in [4.78, 5) is 6.26. The van der Waals surface area contributed by atoms with Crippen LogP contribution >= 0.6 is 27.5 Å². The van der Waals surface area contributed by atoms with E-state index in [1.165, 1.54) is 0 Å². The topological polar surface area (TPSA) is 16.1 Å². The molecule has 88 valence electrons. The van der Waals surface area contributed by atoms with E-state index >= 15 is 0 Å². The van der Waals surface area contributed by atoms with Crippen molar-refractivity contribution in [1.29, 1.82) is 0 Å². The average molecular weight is 312 g/mol. The van der Waals surface area contributed by atoms with Crippen LogP contribution in [0.25, 0.3) is 0 Å². The molecule has 1 aromatic carbocycles. The number of hydrogen-bond acceptors (Lipinski definition) is 2. The Morgan fingerprint density at radius 1 is 1.29 bits per heavy atom. The number of rotatable bonds is 3. The summed E-state index contributed by atoms with van der Waals surface area (Å²) in [5.74, 6) is 0. The van der Waals surface area contributed by atoms with E-state index in [4.69, 9.17) is 11.6 Å². The Labute approximate surface area is 114 Å². The van der Waals surface area contributed by atoms with E-state index in [-0.39, 0.29) is 0 Å². The molecule has 1 aromatic heterocycles. The van der Waals surface area contributed by atoms with Crippen molar-refractivity contribution in [3.63, 3.8) is 0 Å². The lowest BCUT2D eigenvalue weighted by atomic mass is 10.2. The molecule has 0 atom stereocenters. The number of nitrogens with zero attached hydrogens (tertiary/aromatic N) is 2. The standard InChI is InChI=1S/C13H12BrClN2/c1-17(12-6-11(14)7-16-8-12)9-10-4-2-3-5-13(10)15/h2-8H,9H2,1H3. The van der Waals surface area contributed by atoms with Crippen LogP contribution < -0.4 is 4.90 Å². The van der Waals surface area contributed by atoms with Gasteiger partial charge in [0.1, 0.15) is 0 Å². The van der Waals surface area contributed by atoms with Gasteiger partial charge in [-0.25, -0.2) is 0 Å². The maximum absolute atomic E-state index is 6.14. The number of anilines is 1. The molecule has 0 aliphatic heterocycles. The van der Waals surface area contributed by atoms with Gasteiger partial charge in [0.25, 0.3) is 0 Å². The van der Waals surface area contributed by atoms with E-state index < -0.39 is 0 Å². The predicted octanol–water partition coefficient (Wildman–Crippen LogP) is 4.13. The Kier molecular flexibility index (Phi) is 4.02. The van der Waals surface area contributed by atoms with Gasteiger partial charge in [-0.1, -0.05) is 29.8 Å². The number of halogens is 2. The molecule has 0 aliphatic rings. The van der Waals surface area contributed by atoms with Crippen molar-refractivity contribution in [2.75, 3.05) is 11.9 Å². The lowest BCUT2D eigenvalue weighted by molar-refractivity contribution is 0.917. The Bertz CT molecular complexity index is 516. The first-order chi connectivity index (χ1) is 8.16. The summed E-state index contributed by atoms with van der Waals surface area (Å²) < 4.78 is 0.973. The summed E-state index contributed by atoms with van der Waals surface area (Å²) in [6.45, 7) is 0.762. The van der Waals surface area contributed by atoms with Crippen molar-refractivity contribution in [3.8, 4) is 0 Å². The van der Waals surface area contributed by atoms with Crippen molar-refractivity contribution < 1.29 is 0 Å². The molecule has 2 rings (SSSR count). The van der Waals surface area contributed by atoms with E-state index in [0.717, 1.165) is 27.3 Å². The van der Waals surface area contributed by atoms with Crippen LogP contribution in [0.2, 0.25) is 5.02 Å². The first kappa shape index (κ1) is 12.4. The zero-order chi connectivity index (χ0) is 12.3. The molecule has 0 fully saturated rings. The molecule has 0 saturated carbocycles. The van der Waals surface area contributed by atoms with E-state index in [1.807, 2.05) is 43.6 Å². The highest BCUT2D eigenvalue weighted by molar-refractivity contribution is 9.10. The van der Waals surface area contributed by atoms with Crippen LogP contribution in [-0.4, -0.2) is 12.0 Å². The molecule has 4 heteroatoms. The van der Waals surface area contributed by atoms with Gasteiger partial charge in [-0.2, -0.15) is 0 Å². The van der Waals surface area contributed by atoms with Crippen LogP contribution in [0.5, 0.6) is 0 Å². The third-order valence-corrected chi connectivity index (χ3v) is 3.30. The molecule has 0 radical (unpaired) electrons. The minimum Gasteiger partial charge on any atom is -0.369 e. The van der Waals surface area contributed by atoms with Gasteiger partial charge >= 0.3 is 0 Å². The van der Waals surface area contributed by atoms with Crippen LogP contribution in [0.3, 0.4) is 0 Å². The van der Waals surface area contributed by atoms with Crippen LogP contribution in [0.15, 0.2) is 47.2 Å². The summed E-state index contributed by atoms with van der Waals surface area (Å²) in [5.41, 5.74) is 2.16. The van der Waals surface area contributed by atoms with E-state index in [2.05, 4.69) is 25.8 Å². The third-order valence-electron chi connectivity index (χ3n) is 2.50. The quantitative estimate of drug-likeness (QED) is 0.847. The van der Waals surface area contributed by atoms with E-state index in [9.17, 15) is 0 Å². The number of aromatic nitrogens is 1. The van der Waals surface area contributed by atoms with Gasteiger partial charge in [-0.3, -0.25) is 4.98 Å². The van der Waals surface area contributed by atoms with Gasteiger partial charge < -0.3 is 4.90 Å². The van der Waals surface area contributed by atoms with Gasteiger partial charge in [-0.15, -0.1) is 0 Å². The molecule has 0 unspecified atom stereocenters. The Balaban J connectivity index is 2.17.